The fraction of sp³-hybridized carbons (Fsp3) is 0.211. The number of imidazole rings is 1. The average Bonchev–Trinajstić information content (AvgIpc) is 3.02. The summed E-state index contributed by atoms with van der Waals surface area (Å²) >= 11 is 0. The van der Waals surface area contributed by atoms with E-state index in [1.165, 1.54) is 0 Å². The maximum Gasteiger partial charge on any atom is 0.236 e. The quantitative estimate of drug-likeness (QED) is 0.720. The van der Waals surface area contributed by atoms with E-state index in [1.807, 2.05) is 48.9 Å². The standard InChI is InChI=1S/C19H21N3O3S/c1-14-4-6-16(7-5-14)12-26(23,24)21-17-8-9-18(19(10-17)25-3)22-11-15(2)20-13-22/h4-11,13,21H,12H2,1-3H3. The molecule has 0 aliphatic carbocycles. The van der Waals surface area contributed by atoms with Gasteiger partial charge in [0.1, 0.15) is 5.75 Å². The fourth-order valence-corrected chi connectivity index (χ4v) is 3.82. The van der Waals surface area contributed by atoms with E-state index in [-0.39, 0.29) is 5.75 Å². The highest BCUT2D eigenvalue weighted by Crippen LogP contribution is 2.27. The molecule has 7 heteroatoms. The first kappa shape index (κ1) is 18.0. The molecule has 0 amide bonds. The Hall–Kier alpha value is -2.80. The molecule has 0 spiro atoms. The van der Waals surface area contributed by atoms with E-state index >= 15 is 0 Å². The summed E-state index contributed by atoms with van der Waals surface area (Å²) in [6.07, 6.45) is 3.56. The van der Waals surface area contributed by atoms with Crippen LogP contribution in [0.5, 0.6) is 5.75 Å². The number of sulfonamides is 1. The summed E-state index contributed by atoms with van der Waals surface area (Å²) in [5.74, 6) is 0.468. The summed E-state index contributed by atoms with van der Waals surface area (Å²) in [5.41, 5.74) is 3.95. The molecule has 0 atom stereocenters. The predicted molar refractivity (Wildman–Crippen MR) is 102 cm³/mol. The number of nitrogens with one attached hydrogen (secondary N) is 1. The molecule has 3 rings (SSSR count). The van der Waals surface area contributed by atoms with Crippen LogP contribution < -0.4 is 9.46 Å². The average molecular weight is 371 g/mol. The minimum atomic E-state index is -3.52. The Balaban J connectivity index is 1.82. The number of methoxy groups -OCH3 is 1. The third-order valence-electron chi connectivity index (χ3n) is 3.92. The minimum absolute atomic E-state index is 0.0853. The fourth-order valence-electron chi connectivity index (χ4n) is 2.63. The van der Waals surface area contributed by atoms with Crippen molar-refractivity contribution in [3.8, 4) is 11.4 Å². The molecular formula is C19H21N3O3S. The number of rotatable bonds is 6. The summed E-state index contributed by atoms with van der Waals surface area (Å²) < 4.78 is 34.7. The number of benzene rings is 2. The molecule has 1 aromatic heterocycles. The Morgan fingerprint density at radius 3 is 2.46 bits per heavy atom. The number of aromatic nitrogens is 2. The lowest BCUT2D eigenvalue weighted by molar-refractivity contribution is 0.413. The first-order chi connectivity index (χ1) is 12.4. The monoisotopic (exact) mass is 371 g/mol. The number of hydrogen-bond acceptors (Lipinski definition) is 4. The summed E-state index contributed by atoms with van der Waals surface area (Å²) in [4.78, 5) is 4.20. The van der Waals surface area contributed by atoms with Crippen molar-refractivity contribution in [2.45, 2.75) is 19.6 Å². The van der Waals surface area contributed by atoms with Crippen LogP contribution in [0, 0.1) is 13.8 Å². The topological polar surface area (TPSA) is 73.2 Å². The van der Waals surface area contributed by atoms with Crippen LogP contribution in [0.3, 0.4) is 0 Å². The minimum Gasteiger partial charge on any atom is -0.494 e. The van der Waals surface area contributed by atoms with E-state index in [9.17, 15) is 8.42 Å². The maximum atomic E-state index is 12.4. The van der Waals surface area contributed by atoms with Crippen molar-refractivity contribution >= 4 is 15.7 Å². The highest BCUT2D eigenvalue weighted by atomic mass is 32.2. The normalized spacial score (nSPS) is 11.3. The molecule has 1 N–H and O–H groups in total. The van der Waals surface area contributed by atoms with Crippen LogP contribution in [0.25, 0.3) is 5.69 Å². The molecular weight excluding hydrogens is 350 g/mol. The molecule has 0 aliphatic heterocycles. The summed E-state index contributed by atoms with van der Waals surface area (Å²) in [5, 5.41) is 0. The predicted octanol–water partition coefficient (Wildman–Crippen LogP) is 3.44. The van der Waals surface area contributed by atoms with Gasteiger partial charge in [0.05, 0.1) is 36.3 Å². The molecule has 0 fully saturated rings. The molecule has 0 radical (unpaired) electrons. The molecule has 6 nitrogen and oxygen atoms in total. The number of nitrogens with zero attached hydrogens (tertiary/aromatic N) is 2. The van der Waals surface area contributed by atoms with Gasteiger partial charge in [0.15, 0.2) is 0 Å². The highest BCUT2D eigenvalue weighted by Gasteiger charge is 2.14. The van der Waals surface area contributed by atoms with E-state index in [0.29, 0.717) is 11.4 Å². The van der Waals surface area contributed by atoms with Gasteiger partial charge in [-0.05, 0) is 31.5 Å². The molecule has 136 valence electrons. The smallest absolute Gasteiger partial charge is 0.236 e. The zero-order chi connectivity index (χ0) is 18.7. The lowest BCUT2D eigenvalue weighted by Crippen LogP contribution is -2.15. The second-order valence-corrected chi connectivity index (χ2v) is 7.88. The van der Waals surface area contributed by atoms with Crippen molar-refractivity contribution in [2.75, 3.05) is 11.8 Å². The first-order valence-corrected chi connectivity index (χ1v) is 9.76. The second-order valence-electron chi connectivity index (χ2n) is 6.16. The summed E-state index contributed by atoms with van der Waals surface area (Å²) in [7, 11) is -1.97. The lowest BCUT2D eigenvalue weighted by atomic mass is 10.2. The molecule has 26 heavy (non-hydrogen) atoms. The Morgan fingerprint density at radius 1 is 1.12 bits per heavy atom. The van der Waals surface area contributed by atoms with Gasteiger partial charge in [0.2, 0.25) is 10.0 Å². The zero-order valence-electron chi connectivity index (χ0n) is 14.9. The van der Waals surface area contributed by atoms with Crippen LogP contribution in [0.1, 0.15) is 16.8 Å². The number of anilines is 1. The Morgan fingerprint density at radius 2 is 1.85 bits per heavy atom. The number of ether oxygens (including phenoxy) is 1. The van der Waals surface area contributed by atoms with Crippen LogP contribution in [0.15, 0.2) is 55.0 Å². The summed E-state index contributed by atoms with van der Waals surface area (Å²) in [6, 6.07) is 12.6. The second kappa shape index (κ2) is 7.21. The molecule has 3 aromatic rings. The molecule has 0 bridgehead atoms. The first-order valence-electron chi connectivity index (χ1n) is 8.11. The van der Waals surface area contributed by atoms with Gasteiger partial charge in [-0.3, -0.25) is 4.72 Å². The molecule has 0 saturated heterocycles. The van der Waals surface area contributed by atoms with Gasteiger partial charge in [0, 0.05) is 12.3 Å². The van der Waals surface area contributed by atoms with Gasteiger partial charge in [0.25, 0.3) is 0 Å². The van der Waals surface area contributed by atoms with Gasteiger partial charge in [-0.1, -0.05) is 29.8 Å². The molecule has 0 aliphatic rings. The van der Waals surface area contributed by atoms with Crippen LogP contribution in [0.2, 0.25) is 0 Å². The van der Waals surface area contributed by atoms with Crippen LogP contribution in [0.4, 0.5) is 5.69 Å². The Kier molecular flexibility index (Phi) is 4.99. The third-order valence-corrected chi connectivity index (χ3v) is 5.18. The molecule has 2 aromatic carbocycles. The Bertz CT molecular complexity index is 1010. The van der Waals surface area contributed by atoms with Crippen molar-refractivity contribution in [1.82, 2.24) is 9.55 Å². The van der Waals surface area contributed by atoms with Gasteiger partial charge in [-0.2, -0.15) is 0 Å². The van der Waals surface area contributed by atoms with Crippen molar-refractivity contribution in [1.29, 1.82) is 0 Å². The SMILES string of the molecule is COc1cc(NS(=O)(=O)Cc2ccc(C)cc2)ccc1-n1cnc(C)c1. The van der Waals surface area contributed by atoms with E-state index in [0.717, 1.165) is 22.5 Å². The Labute approximate surface area is 153 Å². The van der Waals surface area contributed by atoms with Gasteiger partial charge < -0.3 is 9.30 Å². The molecule has 0 unspecified atom stereocenters. The van der Waals surface area contributed by atoms with Crippen LogP contribution >= 0.6 is 0 Å². The molecule has 0 saturated carbocycles. The molecule has 1 heterocycles. The lowest BCUT2D eigenvalue weighted by Gasteiger charge is -2.13. The number of aryl methyl sites for hydroxylation is 2. The highest BCUT2D eigenvalue weighted by molar-refractivity contribution is 7.91. The van der Waals surface area contributed by atoms with Crippen molar-refractivity contribution in [2.24, 2.45) is 0 Å². The van der Waals surface area contributed by atoms with E-state index in [4.69, 9.17) is 4.74 Å². The van der Waals surface area contributed by atoms with Crippen molar-refractivity contribution in [3.05, 3.63) is 71.8 Å². The van der Waals surface area contributed by atoms with E-state index in [2.05, 4.69) is 9.71 Å². The summed E-state index contributed by atoms with van der Waals surface area (Å²) in [6.45, 7) is 3.86. The number of hydrogen-bond donors (Lipinski definition) is 1. The maximum absolute atomic E-state index is 12.4. The van der Waals surface area contributed by atoms with Gasteiger partial charge in [-0.15, -0.1) is 0 Å². The third kappa shape index (κ3) is 4.23. The van der Waals surface area contributed by atoms with Crippen molar-refractivity contribution < 1.29 is 13.2 Å². The van der Waals surface area contributed by atoms with E-state index in [1.54, 1.807) is 31.6 Å². The van der Waals surface area contributed by atoms with Crippen molar-refractivity contribution in [3.63, 3.8) is 0 Å². The zero-order valence-corrected chi connectivity index (χ0v) is 15.7. The van der Waals surface area contributed by atoms with Gasteiger partial charge in [-0.25, -0.2) is 13.4 Å². The van der Waals surface area contributed by atoms with Crippen LogP contribution in [-0.2, 0) is 15.8 Å². The largest absolute Gasteiger partial charge is 0.494 e. The van der Waals surface area contributed by atoms with E-state index < -0.39 is 10.0 Å². The van der Waals surface area contributed by atoms with Crippen LogP contribution in [-0.4, -0.2) is 25.1 Å². The van der Waals surface area contributed by atoms with Gasteiger partial charge >= 0.3 is 0 Å².